The predicted octanol–water partition coefficient (Wildman–Crippen LogP) is 3.97. The van der Waals surface area contributed by atoms with Crippen molar-refractivity contribution in [3.05, 3.63) is 0 Å². The topological polar surface area (TPSA) is 87.0 Å². The molecule has 0 aromatic carbocycles. The SMILES string of the molecule is CCCCCCCCC(O)C(O)C(CCCCCC)C(=O)OCCCO. The van der Waals surface area contributed by atoms with E-state index in [9.17, 15) is 15.0 Å². The zero-order valence-electron chi connectivity index (χ0n) is 17.0. The van der Waals surface area contributed by atoms with Gasteiger partial charge in [0.2, 0.25) is 0 Å². The molecule has 0 rings (SSSR count). The third kappa shape index (κ3) is 12.7. The number of rotatable bonds is 18. The van der Waals surface area contributed by atoms with E-state index in [4.69, 9.17) is 9.84 Å². The van der Waals surface area contributed by atoms with Crippen LogP contribution in [-0.2, 0) is 9.53 Å². The van der Waals surface area contributed by atoms with Crippen LogP contribution >= 0.6 is 0 Å². The van der Waals surface area contributed by atoms with E-state index in [0.717, 1.165) is 44.9 Å². The summed E-state index contributed by atoms with van der Waals surface area (Å²) in [6.45, 7) is 4.43. The highest BCUT2D eigenvalue weighted by molar-refractivity contribution is 5.73. The fourth-order valence-electron chi connectivity index (χ4n) is 3.14. The molecule has 0 aromatic heterocycles. The van der Waals surface area contributed by atoms with E-state index in [1.54, 1.807) is 0 Å². The Morgan fingerprint density at radius 1 is 0.808 bits per heavy atom. The van der Waals surface area contributed by atoms with E-state index in [1.165, 1.54) is 19.3 Å². The van der Waals surface area contributed by atoms with E-state index < -0.39 is 24.1 Å². The molecule has 0 heterocycles. The van der Waals surface area contributed by atoms with Gasteiger partial charge in [0.25, 0.3) is 0 Å². The number of hydrogen-bond acceptors (Lipinski definition) is 5. The van der Waals surface area contributed by atoms with Crippen molar-refractivity contribution in [2.24, 2.45) is 5.92 Å². The Morgan fingerprint density at radius 2 is 1.35 bits per heavy atom. The van der Waals surface area contributed by atoms with Gasteiger partial charge in [0.05, 0.1) is 24.7 Å². The molecule has 0 fully saturated rings. The summed E-state index contributed by atoms with van der Waals surface area (Å²) >= 11 is 0. The van der Waals surface area contributed by atoms with Gasteiger partial charge in [-0.1, -0.05) is 78.1 Å². The van der Waals surface area contributed by atoms with Crippen LogP contribution in [0.25, 0.3) is 0 Å². The predicted molar refractivity (Wildman–Crippen MR) is 105 cm³/mol. The van der Waals surface area contributed by atoms with Gasteiger partial charge in [0.15, 0.2) is 0 Å². The van der Waals surface area contributed by atoms with Crippen molar-refractivity contribution in [1.82, 2.24) is 0 Å². The van der Waals surface area contributed by atoms with E-state index in [2.05, 4.69) is 13.8 Å². The summed E-state index contributed by atoms with van der Waals surface area (Å²) in [6, 6.07) is 0. The van der Waals surface area contributed by atoms with Gasteiger partial charge in [0.1, 0.15) is 0 Å². The molecule has 3 N–H and O–H groups in total. The van der Waals surface area contributed by atoms with Gasteiger partial charge in [-0.3, -0.25) is 4.79 Å². The molecule has 3 unspecified atom stereocenters. The first-order valence-electron chi connectivity index (χ1n) is 10.7. The van der Waals surface area contributed by atoms with Gasteiger partial charge in [-0.15, -0.1) is 0 Å². The Labute approximate surface area is 160 Å². The number of carbonyl (C=O) groups excluding carboxylic acids is 1. The largest absolute Gasteiger partial charge is 0.465 e. The standard InChI is InChI=1S/C21H42O5/c1-3-5-7-9-10-12-15-19(23)20(24)18(14-11-8-6-4-2)21(25)26-17-13-16-22/h18-20,22-24H,3-17H2,1-2H3. The van der Waals surface area contributed by atoms with Gasteiger partial charge in [-0.05, 0) is 12.8 Å². The second-order valence-electron chi connectivity index (χ2n) is 7.31. The molecule has 0 bridgehead atoms. The van der Waals surface area contributed by atoms with Crippen LogP contribution in [0.1, 0.15) is 97.3 Å². The minimum atomic E-state index is -1.08. The van der Waals surface area contributed by atoms with Crippen molar-refractivity contribution in [1.29, 1.82) is 0 Å². The number of esters is 1. The van der Waals surface area contributed by atoms with Crippen LogP contribution in [-0.4, -0.2) is 46.7 Å². The second-order valence-corrected chi connectivity index (χ2v) is 7.31. The summed E-state index contributed by atoms with van der Waals surface area (Å²) in [4.78, 5) is 12.3. The first-order chi connectivity index (χ1) is 12.6. The van der Waals surface area contributed by atoms with Crippen LogP contribution in [0.2, 0.25) is 0 Å². The number of hydrogen-bond donors (Lipinski definition) is 3. The number of aliphatic hydroxyl groups excluding tert-OH is 3. The van der Waals surface area contributed by atoms with Crippen molar-refractivity contribution in [3.63, 3.8) is 0 Å². The molecule has 0 radical (unpaired) electrons. The Kier molecular flexibility index (Phi) is 17.3. The molecule has 0 saturated carbocycles. The maximum Gasteiger partial charge on any atom is 0.311 e. The van der Waals surface area contributed by atoms with Crippen molar-refractivity contribution in [2.45, 2.75) is 110 Å². The van der Waals surface area contributed by atoms with Crippen molar-refractivity contribution in [2.75, 3.05) is 13.2 Å². The third-order valence-electron chi connectivity index (χ3n) is 4.88. The maximum atomic E-state index is 12.3. The number of ether oxygens (including phenoxy) is 1. The number of unbranched alkanes of at least 4 members (excludes halogenated alkanes) is 8. The fraction of sp³-hybridized carbons (Fsp3) is 0.952. The summed E-state index contributed by atoms with van der Waals surface area (Å²) in [7, 11) is 0. The van der Waals surface area contributed by atoms with Gasteiger partial charge >= 0.3 is 5.97 Å². The molecule has 0 aromatic rings. The van der Waals surface area contributed by atoms with Crippen LogP contribution in [0.15, 0.2) is 0 Å². The zero-order chi connectivity index (χ0) is 19.6. The minimum absolute atomic E-state index is 0.0301. The average molecular weight is 375 g/mol. The fourth-order valence-corrected chi connectivity index (χ4v) is 3.14. The zero-order valence-corrected chi connectivity index (χ0v) is 17.0. The molecule has 0 aliphatic rings. The third-order valence-corrected chi connectivity index (χ3v) is 4.88. The van der Waals surface area contributed by atoms with Crippen molar-refractivity contribution >= 4 is 5.97 Å². The smallest absolute Gasteiger partial charge is 0.311 e. The van der Waals surface area contributed by atoms with Gasteiger partial charge in [-0.2, -0.15) is 0 Å². The monoisotopic (exact) mass is 374 g/mol. The average Bonchev–Trinajstić information content (AvgIpc) is 2.64. The van der Waals surface area contributed by atoms with Crippen molar-refractivity contribution in [3.8, 4) is 0 Å². The van der Waals surface area contributed by atoms with E-state index >= 15 is 0 Å². The normalized spacial score (nSPS) is 14.8. The van der Waals surface area contributed by atoms with Crippen LogP contribution in [0.5, 0.6) is 0 Å². The Bertz CT molecular complexity index is 322. The molecule has 0 aliphatic heterocycles. The Balaban J connectivity index is 4.39. The van der Waals surface area contributed by atoms with Gasteiger partial charge in [-0.25, -0.2) is 0 Å². The van der Waals surface area contributed by atoms with E-state index in [0.29, 0.717) is 19.3 Å². The molecular formula is C21H42O5. The summed E-state index contributed by atoms with van der Waals surface area (Å²) < 4.78 is 5.17. The summed E-state index contributed by atoms with van der Waals surface area (Å²) in [6.07, 6.45) is 10.3. The second kappa shape index (κ2) is 17.7. The van der Waals surface area contributed by atoms with E-state index in [-0.39, 0.29) is 13.2 Å². The summed E-state index contributed by atoms with van der Waals surface area (Å²) in [5.41, 5.74) is 0. The van der Waals surface area contributed by atoms with Crippen molar-refractivity contribution < 1.29 is 24.9 Å². The molecule has 0 spiro atoms. The molecule has 156 valence electrons. The molecule has 5 nitrogen and oxygen atoms in total. The lowest BCUT2D eigenvalue weighted by Crippen LogP contribution is -2.39. The van der Waals surface area contributed by atoms with Crippen LogP contribution in [0, 0.1) is 5.92 Å². The highest BCUT2D eigenvalue weighted by Crippen LogP contribution is 2.22. The lowest BCUT2D eigenvalue weighted by atomic mass is 9.90. The molecule has 26 heavy (non-hydrogen) atoms. The Morgan fingerprint density at radius 3 is 1.96 bits per heavy atom. The summed E-state index contributed by atoms with van der Waals surface area (Å²) in [5.74, 6) is -1.13. The maximum absolute atomic E-state index is 12.3. The minimum Gasteiger partial charge on any atom is -0.465 e. The molecule has 3 atom stereocenters. The molecule has 0 amide bonds. The van der Waals surface area contributed by atoms with Gasteiger partial charge in [0, 0.05) is 13.0 Å². The number of carbonyl (C=O) groups is 1. The molecule has 0 aliphatic carbocycles. The van der Waals surface area contributed by atoms with E-state index in [1.807, 2.05) is 0 Å². The first-order valence-corrected chi connectivity index (χ1v) is 10.7. The lowest BCUT2D eigenvalue weighted by molar-refractivity contribution is -0.157. The first kappa shape index (κ1) is 25.4. The highest BCUT2D eigenvalue weighted by atomic mass is 16.5. The quantitative estimate of drug-likeness (QED) is 0.250. The van der Waals surface area contributed by atoms with Crippen LogP contribution < -0.4 is 0 Å². The number of aliphatic hydroxyl groups is 3. The Hall–Kier alpha value is -0.650. The molecule has 0 saturated heterocycles. The lowest BCUT2D eigenvalue weighted by Gasteiger charge is -2.25. The van der Waals surface area contributed by atoms with Gasteiger partial charge < -0.3 is 20.1 Å². The molecular weight excluding hydrogens is 332 g/mol. The van der Waals surface area contributed by atoms with Crippen LogP contribution in [0.4, 0.5) is 0 Å². The molecule has 5 heteroatoms. The highest BCUT2D eigenvalue weighted by Gasteiger charge is 2.32. The van der Waals surface area contributed by atoms with Crippen LogP contribution in [0.3, 0.4) is 0 Å². The summed E-state index contributed by atoms with van der Waals surface area (Å²) in [5, 5.41) is 29.6.